The summed E-state index contributed by atoms with van der Waals surface area (Å²) in [7, 11) is -3.63. The predicted octanol–water partition coefficient (Wildman–Crippen LogP) is 3.71. The minimum absolute atomic E-state index is 0.115. The lowest BCUT2D eigenvalue weighted by atomic mass is 10.2. The second-order valence-corrected chi connectivity index (χ2v) is 7.29. The summed E-state index contributed by atoms with van der Waals surface area (Å²) in [6.45, 7) is 6.49. The van der Waals surface area contributed by atoms with E-state index in [0.717, 1.165) is 18.4 Å². The van der Waals surface area contributed by atoms with Gasteiger partial charge in [0.1, 0.15) is 6.61 Å². The maximum Gasteiger partial charge on any atom is 0.358 e. The number of hydrogen-bond donors (Lipinski definition) is 1. The number of carbonyl (C=O) groups excluding carboxylic acids is 1. The minimum Gasteiger partial charge on any atom is -0.459 e. The summed E-state index contributed by atoms with van der Waals surface area (Å²) >= 11 is 0. The van der Waals surface area contributed by atoms with Crippen molar-refractivity contribution in [3.8, 4) is 0 Å². The smallest absolute Gasteiger partial charge is 0.358 e. The molecule has 0 fully saturated rings. The van der Waals surface area contributed by atoms with E-state index >= 15 is 0 Å². The van der Waals surface area contributed by atoms with Crippen molar-refractivity contribution >= 4 is 13.6 Å². The number of benzene rings is 1. The van der Waals surface area contributed by atoms with Gasteiger partial charge in [-0.1, -0.05) is 43.7 Å². The van der Waals surface area contributed by atoms with Gasteiger partial charge in [-0.15, -0.1) is 0 Å². The Hall–Kier alpha value is -1.20. The fraction of sp³-hybridized carbons (Fsp3) is 0.588. The molecular formula is C17H28NO5P. The van der Waals surface area contributed by atoms with E-state index in [0.29, 0.717) is 6.54 Å². The van der Waals surface area contributed by atoms with Crippen molar-refractivity contribution in [2.24, 2.45) is 0 Å². The van der Waals surface area contributed by atoms with Crippen molar-refractivity contribution < 1.29 is 23.1 Å². The molecule has 0 aromatic heterocycles. The molecule has 7 heteroatoms. The van der Waals surface area contributed by atoms with Gasteiger partial charge in [-0.25, -0.2) is 4.79 Å². The molecule has 24 heavy (non-hydrogen) atoms. The lowest BCUT2D eigenvalue weighted by molar-refractivity contribution is -0.145. The van der Waals surface area contributed by atoms with Gasteiger partial charge in [-0.2, -0.15) is 0 Å². The highest BCUT2D eigenvalue weighted by atomic mass is 31.2. The summed E-state index contributed by atoms with van der Waals surface area (Å²) < 4.78 is 28.9. The third-order valence-electron chi connectivity index (χ3n) is 3.25. The molecule has 136 valence electrons. The second-order valence-electron chi connectivity index (χ2n) is 5.18. The summed E-state index contributed by atoms with van der Waals surface area (Å²) in [6, 6.07) is 9.34. The van der Waals surface area contributed by atoms with E-state index in [9.17, 15) is 9.36 Å². The zero-order valence-corrected chi connectivity index (χ0v) is 15.6. The van der Waals surface area contributed by atoms with Crippen LogP contribution in [-0.4, -0.2) is 31.5 Å². The van der Waals surface area contributed by atoms with E-state index < -0.39 is 19.3 Å². The van der Waals surface area contributed by atoms with Crippen LogP contribution in [0.4, 0.5) is 0 Å². The number of ether oxygens (including phenoxy) is 1. The Balaban J connectivity index is 2.81. The molecule has 0 heterocycles. The van der Waals surface area contributed by atoms with Gasteiger partial charge >= 0.3 is 13.6 Å². The maximum absolute atomic E-state index is 13.0. The number of carbonyl (C=O) groups is 1. The van der Waals surface area contributed by atoms with Crippen LogP contribution in [0.25, 0.3) is 0 Å². The van der Waals surface area contributed by atoms with Crippen LogP contribution in [0.3, 0.4) is 0 Å². The van der Waals surface area contributed by atoms with Gasteiger partial charge in [0.25, 0.3) is 0 Å². The quantitative estimate of drug-likeness (QED) is 0.349. The van der Waals surface area contributed by atoms with Crippen LogP contribution in [0.5, 0.6) is 0 Å². The van der Waals surface area contributed by atoms with Crippen LogP contribution < -0.4 is 5.32 Å². The molecule has 0 spiro atoms. The number of esters is 1. The average Bonchev–Trinajstić information content (AvgIpc) is 2.58. The molecule has 1 N–H and O–H groups in total. The summed E-state index contributed by atoms with van der Waals surface area (Å²) in [5, 5.41) is 2.98. The molecule has 0 bridgehead atoms. The van der Waals surface area contributed by atoms with E-state index in [1.807, 2.05) is 37.3 Å². The molecule has 0 saturated heterocycles. The van der Waals surface area contributed by atoms with Gasteiger partial charge in [-0.3, -0.25) is 9.88 Å². The molecule has 6 nitrogen and oxygen atoms in total. The van der Waals surface area contributed by atoms with Gasteiger partial charge in [0.05, 0.1) is 13.2 Å². The SMILES string of the molecule is CCCCNC(C(=O)OCc1ccccc1)P(=O)(OCC)OCC. The average molecular weight is 357 g/mol. The number of rotatable bonds is 12. The highest BCUT2D eigenvalue weighted by Gasteiger charge is 2.42. The second kappa shape index (κ2) is 11.4. The van der Waals surface area contributed by atoms with E-state index in [-0.39, 0.29) is 19.8 Å². The Morgan fingerprint density at radius 1 is 1.12 bits per heavy atom. The van der Waals surface area contributed by atoms with Gasteiger partial charge in [0, 0.05) is 0 Å². The summed E-state index contributed by atoms with van der Waals surface area (Å²) in [5.41, 5.74) is 0.862. The molecule has 0 aliphatic carbocycles. The Labute approximate surface area is 144 Å². The first-order chi connectivity index (χ1) is 11.6. The minimum atomic E-state index is -3.63. The molecule has 1 unspecified atom stereocenters. The van der Waals surface area contributed by atoms with Crippen molar-refractivity contribution in [1.29, 1.82) is 0 Å². The normalized spacial score (nSPS) is 12.8. The van der Waals surface area contributed by atoms with Crippen molar-refractivity contribution in [2.75, 3.05) is 19.8 Å². The van der Waals surface area contributed by atoms with E-state index in [1.54, 1.807) is 13.8 Å². The third-order valence-corrected chi connectivity index (χ3v) is 5.51. The fourth-order valence-electron chi connectivity index (χ4n) is 2.09. The third kappa shape index (κ3) is 6.73. The van der Waals surface area contributed by atoms with Crippen LogP contribution in [-0.2, 0) is 29.8 Å². The van der Waals surface area contributed by atoms with E-state index in [1.165, 1.54) is 0 Å². The standard InChI is InChI=1S/C17H28NO5P/c1-4-7-13-18-16(24(20,22-5-2)23-6-3)17(19)21-14-15-11-9-8-10-12-15/h8-12,16,18H,4-7,13-14H2,1-3H3. The highest BCUT2D eigenvalue weighted by molar-refractivity contribution is 7.55. The maximum atomic E-state index is 13.0. The van der Waals surface area contributed by atoms with Gasteiger partial charge in [0.2, 0.25) is 5.78 Å². The molecule has 0 aliphatic heterocycles. The Bertz CT molecular complexity index is 513. The number of hydrogen-bond acceptors (Lipinski definition) is 6. The number of unbranched alkanes of at least 4 members (excludes halogenated alkanes) is 1. The van der Waals surface area contributed by atoms with Crippen molar-refractivity contribution in [1.82, 2.24) is 5.32 Å². The molecule has 1 rings (SSSR count). The Morgan fingerprint density at radius 2 is 1.75 bits per heavy atom. The highest BCUT2D eigenvalue weighted by Crippen LogP contribution is 2.52. The summed E-state index contributed by atoms with van der Waals surface area (Å²) in [6.07, 6.45) is 1.80. The largest absolute Gasteiger partial charge is 0.459 e. The first-order valence-corrected chi connectivity index (χ1v) is 10.0. The van der Waals surface area contributed by atoms with Crippen LogP contribution in [0.1, 0.15) is 39.2 Å². The lowest BCUT2D eigenvalue weighted by Gasteiger charge is -2.25. The van der Waals surface area contributed by atoms with E-state index in [4.69, 9.17) is 13.8 Å². The van der Waals surface area contributed by atoms with Gasteiger partial charge < -0.3 is 13.8 Å². The first kappa shape index (κ1) is 20.8. The summed E-state index contributed by atoms with van der Waals surface area (Å²) in [5.74, 6) is -1.74. The fourth-order valence-corrected chi connectivity index (χ4v) is 3.87. The van der Waals surface area contributed by atoms with Gasteiger partial charge in [-0.05, 0) is 32.4 Å². The molecule has 1 aromatic carbocycles. The number of nitrogens with one attached hydrogen (secondary N) is 1. The predicted molar refractivity (Wildman–Crippen MR) is 93.8 cm³/mol. The Morgan fingerprint density at radius 3 is 2.29 bits per heavy atom. The van der Waals surface area contributed by atoms with Crippen molar-refractivity contribution in [3.63, 3.8) is 0 Å². The van der Waals surface area contributed by atoms with Crippen molar-refractivity contribution in [2.45, 2.75) is 46.0 Å². The molecule has 0 radical (unpaired) electrons. The lowest BCUT2D eigenvalue weighted by Crippen LogP contribution is -2.39. The summed E-state index contributed by atoms with van der Waals surface area (Å²) in [4.78, 5) is 12.5. The van der Waals surface area contributed by atoms with E-state index in [2.05, 4.69) is 5.32 Å². The molecular weight excluding hydrogens is 329 g/mol. The van der Waals surface area contributed by atoms with Crippen molar-refractivity contribution in [3.05, 3.63) is 35.9 Å². The van der Waals surface area contributed by atoms with Crippen LogP contribution in [0.15, 0.2) is 30.3 Å². The molecule has 1 atom stereocenters. The topological polar surface area (TPSA) is 73.9 Å². The monoisotopic (exact) mass is 357 g/mol. The van der Waals surface area contributed by atoms with Crippen LogP contribution in [0, 0.1) is 0 Å². The molecule has 0 saturated carbocycles. The molecule has 0 aliphatic rings. The van der Waals surface area contributed by atoms with Crippen LogP contribution in [0.2, 0.25) is 0 Å². The van der Waals surface area contributed by atoms with Gasteiger partial charge in [0.15, 0.2) is 0 Å². The molecule has 1 aromatic rings. The van der Waals surface area contributed by atoms with Crippen LogP contribution >= 0.6 is 7.60 Å². The molecule has 0 amide bonds. The zero-order valence-electron chi connectivity index (χ0n) is 14.7. The zero-order chi connectivity index (χ0) is 17.8. The first-order valence-electron chi connectivity index (χ1n) is 8.40. The Kier molecular flexibility index (Phi) is 9.88.